The summed E-state index contributed by atoms with van der Waals surface area (Å²) in [5.41, 5.74) is 2.46. The van der Waals surface area contributed by atoms with Crippen molar-refractivity contribution in [2.24, 2.45) is 0 Å². The molecule has 4 rings (SSSR count). The first-order chi connectivity index (χ1) is 16.3. The fourth-order valence-electron chi connectivity index (χ4n) is 4.06. The zero-order valence-corrected chi connectivity index (χ0v) is 20.1. The van der Waals surface area contributed by atoms with Crippen LogP contribution >= 0.6 is 0 Å². The molecule has 0 aliphatic carbocycles. The predicted octanol–water partition coefficient (Wildman–Crippen LogP) is 3.24. The van der Waals surface area contributed by atoms with E-state index in [-0.39, 0.29) is 23.5 Å². The van der Waals surface area contributed by atoms with Gasteiger partial charge in [-0.3, -0.25) is 14.0 Å². The Morgan fingerprint density at radius 1 is 1.03 bits per heavy atom. The van der Waals surface area contributed by atoms with Crippen molar-refractivity contribution >= 4 is 21.6 Å². The fourth-order valence-corrected chi connectivity index (χ4v) is 5.58. The number of pyridine rings is 1. The van der Waals surface area contributed by atoms with E-state index in [0.29, 0.717) is 30.9 Å². The van der Waals surface area contributed by atoms with E-state index in [1.807, 2.05) is 13.0 Å². The molecule has 0 saturated carbocycles. The second-order valence-electron chi connectivity index (χ2n) is 8.64. The Labute approximate surface area is 199 Å². The number of sulfonamides is 1. The minimum atomic E-state index is -3.49. The number of carbonyl (C=O) groups is 1. The third-order valence-corrected chi connectivity index (χ3v) is 7.90. The largest absolute Gasteiger partial charge is 0.459 e. The number of aromatic nitrogens is 2. The van der Waals surface area contributed by atoms with Gasteiger partial charge in [0, 0.05) is 31.8 Å². The minimum Gasteiger partial charge on any atom is -0.459 e. The van der Waals surface area contributed by atoms with Crippen LogP contribution in [0.5, 0.6) is 0 Å². The molecule has 1 aromatic carbocycles. The number of aryl methyl sites for hydroxylation is 2. The van der Waals surface area contributed by atoms with Gasteiger partial charge in [-0.05, 0) is 55.5 Å². The third kappa shape index (κ3) is 5.71. The Kier molecular flexibility index (Phi) is 7.43. The zero-order valence-electron chi connectivity index (χ0n) is 19.3. The van der Waals surface area contributed by atoms with Gasteiger partial charge in [0.2, 0.25) is 10.0 Å². The van der Waals surface area contributed by atoms with Gasteiger partial charge in [0.15, 0.2) is 0 Å². The van der Waals surface area contributed by atoms with Crippen molar-refractivity contribution in [1.29, 1.82) is 0 Å². The van der Waals surface area contributed by atoms with E-state index in [1.54, 1.807) is 40.8 Å². The monoisotopic (exact) mass is 483 g/mol. The average molecular weight is 484 g/mol. The summed E-state index contributed by atoms with van der Waals surface area (Å²) in [5, 5.41) is 0. The summed E-state index contributed by atoms with van der Waals surface area (Å²) in [7, 11) is -3.49. The van der Waals surface area contributed by atoms with Crippen LogP contribution in [-0.2, 0) is 32.6 Å². The normalized spacial score (nSPS) is 15.2. The first-order valence-electron chi connectivity index (χ1n) is 11.6. The summed E-state index contributed by atoms with van der Waals surface area (Å²) in [6.45, 7) is 2.94. The average Bonchev–Trinajstić information content (AvgIpc) is 3.12. The molecule has 0 N–H and O–H groups in total. The van der Waals surface area contributed by atoms with Crippen molar-refractivity contribution in [2.75, 3.05) is 13.1 Å². The quantitative estimate of drug-likeness (QED) is 0.479. The van der Waals surface area contributed by atoms with Crippen molar-refractivity contribution in [3.8, 4) is 0 Å². The van der Waals surface area contributed by atoms with Gasteiger partial charge in [-0.2, -0.15) is 4.31 Å². The van der Waals surface area contributed by atoms with Crippen molar-refractivity contribution in [3.05, 3.63) is 75.8 Å². The van der Waals surface area contributed by atoms with Gasteiger partial charge < -0.3 is 4.74 Å². The van der Waals surface area contributed by atoms with E-state index in [9.17, 15) is 18.0 Å². The molecule has 34 heavy (non-hydrogen) atoms. The number of fused-ring (bicyclic) bond motifs is 1. The molecule has 9 heteroatoms. The SMILES string of the molecule is Cc1ccc2nc(COC(=O)CCc3ccc(S(=O)(=O)N4CCCCCC4)cc3)cc(=O)n2c1. The summed E-state index contributed by atoms with van der Waals surface area (Å²) in [4.78, 5) is 29.1. The Bertz CT molecular complexity index is 1320. The molecule has 3 heterocycles. The lowest BCUT2D eigenvalue weighted by molar-refractivity contribution is -0.145. The van der Waals surface area contributed by atoms with E-state index in [4.69, 9.17) is 4.74 Å². The lowest BCUT2D eigenvalue weighted by Gasteiger charge is -2.20. The van der Waals surface area contributed by atoms with E-state index in [0.717, 1.165) is 36.8 Å². The van der Waals surface area contributed by atoms with Crippen LogP contribution in [0.4, 0.5) is 0 Å². The highest BCUT2D eigenvalue weighted by atomic mass is 32.2. The molecule has 2 aromatic heterocycles. The summed E-state index contributed by atoms with van der Waals surface area (Å²) in [5.74, 6) is -0.410. The van der Waals surface area contributed by atoms with Gasteiger partial charge in [0.05, 0.1) is 10.6 Å². The smallest absolute Gasteiger partial charge is 0.306 e. The standard InChI is InChI=1S/C25H29N3O5S/c1-19-6-12-23-26-21(16-24(29)28(23)17-19)18-33-25(30)13-9-20-7-10-22(11-8-20)34(31,32)27-14-4-2-3-5-15-27/h6-8,10-12,16-17H,2-5,9,13-15,18H2,1H3. The maximum Gasteiger partial charge on any atom is 0.306 e. The van der Waals surface area contributed by atoms with Crippen LogP contribution in [0, 0.1) is 6.92 Å². The number of esters is 1. The van der Waals surface area contributed by atoms with Gasteiger partial charge >= 0.3 is 5.97 Å². The molecule has 1 aliphatic heterocycles. The first-order valence-corrected chi connectivity index (χ1v) is 13.0. The molecular formula is C25H29N3O5S. The van der Waals surface area contributed by atoms with Gasteiger partial charge in [-0.1, -0.05) is 31.0 Å². The second kappa shape index (κ2) is 10.5. The zero-order chi connectivity index (χ0) is 24.1. The summed E-state index contributed by atoms with van der Waals surface area (Å²) < 4.78 is 34.1. The van der Waals surface area contributed by atoms with Crippen molar-refractivity contribution in [2.45, 2.75) is 57.0 Å². The molecule has 1 fully saturated rings. The van der Waals surface area contributed by atoms with Gasteiger partial charge in [0.1, 0.15) is 12.3 Å². The highest BCUT2D eigenvalue weighted by molar-refractivity contribution is 7.89. The first kappa shape index (κ1) is 24.1. The number of benzene rings is 1. The van der Waals surface area contributed by atoms with Gasteiger partial charge in [0.25, 0.3) is 5.56 Å². The highest BCUT2D eigenvalue weighted by Gasteiger charge is 2.24. The maximum atomic E-state index is 12.9. The predicted molar refractivity (Wildman–Crippen MR) is 128 cm³/mol. The third-order valence-electron chi connectivity index (χ3n) is 5.99. The molecule has 0 amide bonds. The molecule has 180 valence electrons. The molecule has 1 saturated heterocycles. The molecule has 3 aromatic rings. The van der Waals surface area contributed by atoms with E-state index in [1.165, 1.54) is 10.5 Å². The molecule has 1 aliphatic rings. The van der Waals surface area contributed by atoms with Crippen LogP contribution in [-0.4, -0.2) is 41.2 Å². The molecule has 0 spiro atoms. The highest BCUT2D eigenvalue weighted by Crippen LogP contribution is 2.21. The van der Waals surface area contributed by atoms with Crippen molar-refractivity contribution < 1.29 is 17.9 Å². The summed E-state index contributed by atoms with van der Waals surface area (Å²) in [6.07, 6.45) is 6.19. The molecule has 0 radical (unpaired) electrons. The maximum absolute atomic E-state index is 12.9. The summed E-state index contributed by atoms with van der Waals surface area (Å²) >= 11 is 0. The van der Waals surface area contributed by atoms with E-state index in [2.05, 4.69) is 4.98 Å². The number of rotatable bonds is 7. The molecule has 0 unspecified atom stereocenters. The minimum absolute atomic E-state index is 0.0779. The van der Waals surface area contributed by atoms with Crippen LogP contribution in [0.3, 0.4) is 0 Å². The van der Waals surface area contributed by atoms with Gasteiger partial charge in [-0.15, -0.1) is 0 Å². The summed E-state index contributed by atoms with van der Waals surface area (Å²) in [6, 6.07) is 11.7. The van der Waals surface area contributed by atoms with Crippen LogP contribution in [0.25, 0.3) is 5.65 Å². The molecule has 8 nitrogen and oxygen atoms in total. The lowest BCUT2D eigenvalue weighted by Crippen LogP contribution is -2.31. The van der Waals surface area contributed by atoms with Crippen molar-refractivity contribution in [3.63, 3.8) is 0 Å². The number of nitrogens with zero attached hydrogens (tertiary/aromatic N) is 3. The Morgan fingerprint density at radius 2 is 1.74 bits per heavy atom. The van der Waals surface area contributed by atoms with E-state index < -0.39 is 16.0 Å². The topological polar surface area (TPSA) is 98.0 Å². The second-order valence-corrected chi connectivity index (χ2v) is 10.6. The van der Waals surface area contributed by atoms with Gasteiger partial charge in [-0.25, -0.2) is 13.4 Å². The number of hydrogen-bond acceptors (Lipinski definition) is 6. The number of ether oxygens (including phenoxy) is 1. The van der Waals surface area contributed by atoms with Crippen LogP contribution in [0.15, 0.2) is 58.4 Å². The van der Waals surface area contributed by atoms with Crippen LogP contribution in [0.2, 0.25) is 0 Å². The van der Waals surface area contributed by atoms with Crippen molar-refractivity contribution in [1.82, 2.24) is 13.7 Å². The molecular weight excluding hydrogens is 454 g/mol. The number of carbonyl (C=O) groups excluding carboxylic acids is 1. The van der Waals surface area contributed by atoms with E-state index >= 15 is 0 Å². The Balaban J connectivity index is 1.31. The lowest BCUT2D eigenvalue weighted by atomic mass is 10.1. The Morgan fingerprint density at radius 3 is 2.44 bits per heavy atom. The molecule has 0 bridgehead atoms. The molecule has 0 atom stereocenters. The van der Waals surface area contributed by atoms with Crippen LogP contribution < -0.4 is 5.56 Å². The number of hydrogen-bond donors (Lipinski definition) is 0. The van der Waals surface area contributed by atoms with Crippen LogP contribution in [0.1, 0.15) is 48.9 Å². The Hall–Kier alpha value is -3.04. The fraction of sp³-hybridized carbons (Fsp3) is 0.400.